The van der Waals surface area contributed by atoms with E-state index in [9.17, 15) is 4.79 Å². The standard InChI is InChI=1S/C14H22N2OS2/c1-4-11-14(17)16(8-10(2)9-18-3)13(15-11)12-6-5-7-19-12/h5-7,10-11,13,15H,4,8-9H2,1-3H3. The maximum absolute atomic E-state index is 12.4. The molecule has 19 heavy (non-hydrogen) atoms. The molecule has 1 saturated heterocycles. The molecule has 0 aliphatic carbocycles. The van der Waals surface area contributed by atoms with E-state index in [1.165, 1.54) is 4.88 Å². The molecule has 0 saturated carbocycles. The molecule has 3 nitrogen and oxygen atoms in total. The van der Waals surface area contributed by atoms with E-state index in [1.807, 2.05) is 16.7 Å². The Bertz CT molecular complexity index is 408. The average Bonchev–Trinajstić information content (AvgIpc) is 2.99. The normalized spacial score (nSPS) is 25.0. The van der Waals surface area contributed by atoms with Crippen LogP contribution in [0.15, 0.2) is 17.5 Å². The van der Waals surface area contributed by atoms with Gasteiger partial charge in [0.2, 0.25) is 5.91 Å². The first-order valence-electron chi connectivity index (χ1n) is 6.76. The quantitative estimate of drug-likeness (QED) is 0.876. The average molecular weight is 298 g/mol. The summed E-state index contributed by atoms with van der Waals surface area (Å²) in [7, 11) is 0. The molecule has 1 aromatic heterocycles. The first-order valence-corrected chi connectivity index (χ1v) is 9.03. The van der Waals surface area contributed by atoms with Gasteiger partial charge in [0.15, 0.2) is 0 Å². The van der Waals surface area contributed by atoms with Crippen molar-refractivity contribution in [2.24, 2.45) is 5.92 Å². The third kappa shape index (κ3) is 3.33. The van der Waals surface area contributed by atoms with Gasteiger partial charge in [0.25, 0.3) is 0 Å². The summed E-state index contributed by atoms with van der Waals surface area (Å²) < 4.78 is 0. The van der Waals surface area contributed by atoms with Crippen LogP contribution in [0.2, 0.25) is 0 Å². The summed E-state index contributed by atoms with van der Waals surface area (Å²) >= 11 is 3.56. The van der Waals surface area contributed by atoms with Crippen molar-refractivity contribution in [2.75, 3.05) is 18.6 Å². The van der Waals surface area contributed by atoms with Crippen molar-refractivity contribution < 1.29 is 4.79 Å². The molecular weight excluding hydrogens is 276 g/mol. The molecule has 0 aromatic carbocycles. The second kappa shape index (κ2) is 6.77. The Morgan fingerprint density at radius 2 is 2.37 bits per heavy atom. The molecule has 106 valence electrons. The van der Waals surface area contributed by atoms with Crippen LogP contribution in [0.4, 0.5) is 0 Å². The highest BCUT2D eigenvalue weighted by Crippen LogP contribution is 2.30. The van der Waals surface area contributed by atoms with Gasteiger partial charge in [0, 0.05) is 11.4 Å². The van der Waals surface area contributed by atoms with E-state index in [0.717, 1.165) is 18.7 Å². The highest BCUT2D eigenvalue weighted by Gasteiger charge is 2.39. The van der Waals surface area contributed by atoms with Crippen molar-refractivity contribution in [3.63, 3.8) is 0 Å². The summed E-state index contributed by atoms with van der Waals surface area (Å²) in [4.78, 5) is 15.7. The molecule has 2 heterocycles. The van der Waals surface area contributed by atoms with E-state index < -0.39 is 0 Å². The Morgan fingerprint density at radius 1 is 1.58 bits per heavy atom. The summed E-state index contributed by atoms with van der Waals surface area (Å²) in [6, 6.07) is 4.14. The molecule has 0 radical (unpaired) electrons. The van der Waals surface area contributed by atoms with Gasteiger partial charge in [-0.25, -0.2) is 0 Å². The maximum atomic E-state index is 12.4. The number of carbonyl (C=O) groups excluding carboxylic acids is 1. The lowest BCUT2D eigenvalue weighted by Crippen LogP contribution is -2.35. The van der Waals surface area contributed by atoms with Gasteiger partial charge in [-0.15, -0.1) is 11.3 Å². The van der Waals surface area contributed by atoms with Crippen LogP contribution >= 0.6 is 23.1 Å². The zero-order valence-corrected chi connectivity index (χ0v) is 13.4. The van der Waals surface area contributed by atoms with Gasteiger partial charge in [-0.1, -0.05) is 19.9 Å². The zero-order chi connectivity index (χ0) is 13.8. The molecule has 2 rings (SSSR count). The second-order valence-corrected chi connectivity index (χ2v) is 6.99. The zero-order valence-electron chi connectivity index (χ0n) is 11.8. The Morgan fingerprint density at radius 3 is 2.95 bits per heavy atom. The summed E-state index contributed by atoms with van der Waals surface area (Å²) in [5.74, 6) is 1.88. The molecular formula is C14H22N2OS2. The summed E-state index contributed by atoms with van der Waals surface area (Å²) in [6.07, 6.45) is 3.04. The van der Waals surface area contributed by atoms with E-state index in [-0.39, 0.29) is 18.1 Å². The van der Waals surface area contributed by atoms with Crippen molar-refractivity contribution in [3.8, 4) is 0 Å². The van der Waals surface area contributed by atoms with Gasteiger partial charge in [0.05, 0.1) is 6.04 Å². The van der Waals surface area contributed by atoms with Crippen LogP contribution in [0.5, 0.6) is 0 Å². The van der Waals surface area contributed by atoms with Crippen LogP contribution in [0.1, 0.15) is 31.3 Å². The highest BCUT2D eigenvalue weighted by molar-refractivity contribution is 7.98. The summed E-state index contributed by atoms with van der Waals surface area (Å²) in [5, 5.41) is 5.54. The van der Waals surface area contributed by atoms with Crippen molar-refractivity contribution in [1.29, 1.82) is 0 Å². The van der Waals surface area contributed by atoms with Gasteiger partial charge in [-0.2, -0.15) is 11.8 Å². The van der Waals surface area contributed by atoms with Crippen LogP contribution < -0.4 is 5.32 Å². The molecule has 0 bridgehead atoms. The summed E-state index contributed by atoms with van der Waals surface area (Å²) in [6.45, 7) is 5.12. The molecule has 1 amide bonds. The van der Waals surface area contributed by atoms with Crippen LogP contribution in [-0.2, 0) is 4.79 Å². The first kappa shape index (κ1) is 14.9. The monoisotopic (exact) mass is 298 g/mol. The van der Waals surface area contributed by atoms with Crippen LogP contribution in [0, 0.1) is 5.92 Å². The maximum Gasteiger partial charge on any atom is 0.241 e. The largest absolute Gasteiger partial charge is 0.320 e. The Kier molecular flexibility index (Phi) is 5.30. The first-order chi connectivity index (χ1) is 9.17. The molecule has 1 N–H and O–H groups in total. The fourth-order valence-corrected chi connectivity index (χ4v) is 3.99. The number of hydrogen-bond acceptors (Lipinski definition) is 4. The van der Waals surface area contributed by atoms with Gasteiger partial charge < -0.3 is 4.90 Å². The minimum absolute atomic E-state index is 0.0198. The number of nitrogens with one attached hydrogen (secondary N) is 1. The van der Waals surface area contributed by atoms with E-state index in [4.69, 9.17) is 0 Å². The van der Waals surface area contributed by atoms with Crippen molar-refractivity contribution >= 4 is 29.0 Å². The minimum atomic E-state index is -0.0198. The second-order valence-electron chi connectivity index (χ2n) is 5.10. The van der Waals surface area contributed by atoms with Crippen molar-refractivity contribution in [2.45, 2.75) is 32.5 Å². The third-order valence-electron chi connectivity index (χ3n) is 3.43. The van der Waals surface area contributed by atoms with Crippen molar-refractivity contribution in [1.82, 2.24) is 10.2 Å². The summed E-state index contributed by atoms with van der Waals surface area (Å²) in [5.41, 5.74) is 0. The van der Waals surface area contributed by atoms with Gasteiger partial charge in [0.1, 0.15) is 6.17 Å². The number of rotatable bonds is 6. The van der Waals surface area contributed by atoms with Gasteiger partial charge in [-0.05, 0) is 35.8 Å². The van der Waals surface area contributed by atoms with Crippen molar-refractivity contribution in [3.05, 3.63) is 22.4 Å². The molecule has 5 heteroatoms. The lowest BCUT2D eigenvalue weighted by atomic mass is 10.2. The van der Waals surface area contributed by atoms with Gasteiger partial charge >= 0.3 is 0 Å². The molecule has 1 aliphatic heterocycles. The predicted octanol–water partition coefficient (Wildman–Crippen LogP) is 2.96. The van der Waals surface area contributed by atoms with E-state index in [1.54, 1.807) is 11.3 Å². The molecule has 0 spiro atoms. The minimum Gasteiger partial charge on any atom is -0.320 e. The highest BCUT2D eigenvalue weighted by atomic mass is 32.2. The SMILES string of the molecule is CCC1NC(c2cccs2)N(CC(C)CSC)C1=O. The lowest BCUT2D eigenvalue weighted by Gasteiger charge is -2.26. The number of carbonyl (C=O) groups is 1. The number of thiophene rings is 1. The Balaban J connectivity index is 2.13. The van der Waals surface area contributed by atoms with Crippen LogP contribution in [-0.4, -0.2) is 35.4 Å². The molecule has 1 aliphatic rings. The molecule has 1 aromatic rings. The van der Waals surface area contributed by atoms with Crippen LogP contribution in [0.3, 0.4) is 0 Å². The Labute approximate surface area is 123 Å². The fourth-order valence-electron chi connectivity index (χ4n) is 2.52. The molecule has 1 fully saturated rings. The number of thioether (sulfide) groups is 1. The smallest absolute Gasteiger partial charge is 0.241 e. The number of hydrogen-bond donors (Lipinski definition) is 1. The lowest BCUT2D eigenvalue weighted by molar-refractivity contribution is -0.130. The topological polar surface area (TPSA) is 32.3 Å². The number of amides is 1. The van der Waals surface area contributed by atoms with Gasteiger partial charge in [-0.3, -0.25) is 10.1 Å². The fraction of sp³-hybridized carbons (Fsp3) is 0.643. The predicted molar refractivity (Wildman–Crippen MR) is 83.5 cm³/mol. The van der Waals surface area contributed by atoms with Crippen LogP contribution in [0.25, 0.3) is 0 Å². The molecule has 3 atom stereocenters. The van der Waals surface area contributed by atoms with E-state index >= 15 is 0 Å². The number of nitrogens with zero attached hydrogens (tertiary/aromatic N) is 1. The Hall–Kier alpha value is -0.520. The third-order valence-corrected chi connectivity index (χ3v) is 5.26. The molecule has 3 unspecified atom stereocenters. The van der Waals surface area contributed by atoms with E-state index in [0.29, 0.717) is 5.92 Å². The van der Waals surface area contributed by atoms with E-state index in [2.05, 4.69) is 42.9 Å².